The first kappa shape index (κ1) is 13.5. The maximum absolute atomic E-state index is 12.4. The molecule has 0 spiro atoms. The lowest BCUT2D eigenvalue weighted by atomic mass is 9.93. The first-order valence-corrected chi connectivity index (χ1v) is 7.61. The molecule has 6 heteroatoms. The van der Waals surface area contributed by atoms with Gasteiger partial charge in [0.05, 0.1) is 0 Å². The Kier molecular flexibility index (Phi) is 3.99. The average molecular weight is 269 g/mol. The molecule has 100 valence electrons. The average Bonchev–Trinajstić information content (AvgIpc) is 2.40. The fraction of sp³-hybridized carbons (Fsp3) is 0.583. The minimum atomic E-state index is -3.41. The van der Waals surface area contributed by atoms with Gasteiger partial charge in [-0.05, 0) is 37.8 Å². The summed E-state index contributed by atoms with van der Waals surface area (Å²) in [5, 5.41) is 0. The molecule has 1 aliphatic heterocycles. The number of rotatable bonds is 3. The van der Waals surface area contributed by atoms with Crippen molar-refractivity contribution < 1.29 is 8.42 Å². The molecule has 1 fully saturated rings. The van der Waals surface area contributed by atoms with Gasteiger partial charge in [0, 0.05) is 31.5 Å². The van der Waals surface area contributed by atoms with Gasteiger partial charge in [-0.15, -0.1) is 0 Å². The van der Waals surface area contributed by atoms with E-state index in [2.05, 4.69) is 4.98 Å². The molecule has 1 saturated heterocycles. The predicted molar refractivity (Wildman–Crippen MR) is 69.4 cm³/mol. The van der Waals surface area contributed by atoms with Crippen LogP contribution >= 0.6 is 0 Å². The van der Waals surface area contributed by atoms with E-state index in [0.717, 1.165) is 12.8 Å². The van der Waals surface area contributed by atoms with Crippen molar-refractivity contribution in [2.24, 2.45) is 11.7 Å². The largest absolute Gasteiger partial charge is 0.328 e. The van der Waals surface area contributed by atoms with E-state index in [1.807, 2.05) is 6.92 Å². The zero-order chi connectivity index (χ0) is 13.2. The van der Waals surface area contributed by atoms with Gasteiger partial charge >= 0.3 is 0 Å². The zero-order valence-corrected chi connectivity index (χ0v) is 11.3. The molecule has 0 aromatic carbocycles. The van der Waals surface area contributed by atoms with Gasteiger partial charge in [0.15, 0.2) is 0 Å². The summed E-state index contributed by atoms with van der Waals surface area (Å²) in [5.41, 5.74) is 5.88. The highest BCUT2D eigenvalue weighted by Gasteiger charge is 2.31. The summed E-state index contributed by atoms with van der Waals surface area (Å²) >= 11 is 0. The Balaban J connectivity index is 2.21. The van der Waals surface area contributed by atoms with Crippen molar-refractivity contribution in [3.05, 3.63) is 24.5 Å². The third kappa shape index (κ3) is 2.71. The summed E-state index contributed by atoms with van der Waals surface area (Å²) in [4.78, 5) is 4.13. The van der Waals surface area contributed by atoms with E-state index < -0.39 is 10.0 Å². The lowest BCUT2D eigenvalue weighted by Crippen LogP contribution is -2.44. The number of hydrogen-bond donors (Lipinski definition) is 1. The smallest absolute Gasteiger partial charge is 0.244 e. The van der Waals surface area contributed by atoms with E-state index in [4.69, 9.17) is 5.73 Å². The lowest BCUT2D eigenvalue weighted by Gasteiger charge is -2.33. The van der Waals surface area contributed by atoms with Crippen LogP contribution in [0.2, 0.25) is 0 Å². The molecule has 0 amide bonds. The summed E-state index contributed by atoms with van der Waals surface area (Å²) in [7, 11) is -3.41. The van der Waals surface area contributed by atoms with E-state index >= 15 is 0 Å². The van der Waals surface area contributed by atoms with E-state index in [9.17, 15) is 8.42 Å². The predicted octanol–water partition coefficient (Wildman–Crippen LogP) is 0.829. The SMILES string of the molecule is C[C@@H](N)[C@@H]1CCCN(S(=O)(=O)c2cccnc2)C1. The Morgan fingerprint density at radius 3 is 2.94 bits per heavy atom. The van der Waals surface area contributed by atoms with Gasteiger partial charge in [0.1, 0.15) is 4.90 Å². The fourth-order valence-corrected chi connectivity index (χ4v) is 3.77. The first-order chi connectivity index (χ1) is 8.51. The van der Waals surface area contributed by atoms with Crippen LogP contribution in [0.15, 0.2) is 29.4 Å². The van der Waals surface area contributed by atoms with Crippen LogP contribution in [-0.2, 0) is 10.0 Å². The number of hydrogen-bond acceptors (Lipinski definition) is 4. The van der Waals surface area contributed by atoms with Crippen LogP contribution in [0.1, 0.15) is 19.8 Å². The second-order valence-corrected chi connectivity index (χ2v) is 6.75. The minimum Gasteiger partial charge on any atom is -0.328 e. The van der Waals surface area contributed by atoms with E-state index in [1.54, 1.807) is 18.3 Å². The van der Waals surface area contributed by atoms with Crippen molar-refractivity contribution in [2.45, 2.75) is 30.7 Å². The Morgan fingerprint density at radius 2 is 2.33 bits per heavy atom. The maximum atomic E-state index is 12.4. The molecule has 2 rings (SSSR count). The van der Waals surface area contributed by atoms with E-state index in [-0.39, 0.29) is 16.9 Å². The van der Waals surface area contributed by atoms with Crippen molar-refractivity contribution in [1.29, 1.82) is 0 Å². The molecule has 18 heavy (non-hydrogen) atoms. The van der Waals surface area contributed by atoms with Crippen LogP contribution in [0.5, 0.6) is 0 Å². The molecule has 1 aromatic heterocycles. The summed E-state index contributed by atoms with van der Waals surface area (Å²) in [6.45, 7) is 3.01. The van der Waals surface area contributed by atoms with E-state index in [1.165, 1.54) is 10.5 Å². The zero-order valence-electron chi connectivity index (χ0n) is 10.5. The van der Waals surface area contributed by atoms with Gasteiger partial charge in [0.25, 0.3) is 0 Å². The highest BCUT2D eigenvalue weighted by atomic mass is 32.2. The van der Waals surface area contributed by atoms with Crippen LogP contribution in [-0.4, -0.2) is 36.8 Å². The highest BCUT2D eigenvalue weighted by Crippen LogP contribution is 2.24. The topological polar surface area (TPSA) is 76.3 Å². The second kappa shape index (κ2) is 5.34. The molecule has 5 nitrogen and oxygen atoms in total. The molecule has 0 radical (unpaired) electrons. The van der Waals surface area contributed by atoms with Crippen LogP contribution < -0.4 is 5.73 Å². The van der Waals surface area contributed by atoms with Crippen molar-refractivity contribution in [3.8, 4) is 0 Å². The van der Waals surface area contributed by atoms with Crippen molar-refractivity contribution in [2.75, 3.05) is 13.1 Å². The van der Waals surface area contributed by atoms with Crippen LogP contribution in [0.4, 0.5) is 0 Å². The molecule has 2 N–H and O–H groups in total. The van der Waals surface area contributed by atoms with Crippen LogP contribution in [0, 0.1) is 5.92 Å². The molecular weight excluding hydrogens is 250 g/mol. The number of nitrogens with zero attached hydrogens (tertiary/aromatic N) is 2. The van der Waals surface area contributed by atoms with Crippen LogP contribution in [0.25, 0.3) is 0 Å². The Labute approximate surface area is 108 Å². The molecule has 1 aliphatic rings. The monoisotopic (exact) mass is 269 g/mol. The fourth-order valence-electron chi connectivity index (χ4n) is 2.27. The van der Waals surface area contributed by atoms with Gasteiger partial charge in [-0.25, -0.2) is 8.42 Å². The Morgan fingerprint density at radius 1 is 1.56 bits per heavy atom. The molecule has 0 bridgehead atoms. The molecule has 0 unspecified atom stereocenters. The number of aromatic nitrogens is 1. The van der Waals surface area contributed by atoms with Crippen molar-refractivity contribution in [3.63, 3.8) is 0 Å². The summed E-state index contributed by atoms with van der Waals surface area (Å²) < 4.78 is 26.3. The Hall–Kier alpha value is -0.980. The van der Waals surface area contributed by atoms with Crippen molar-refractivity contribution >= 4 is 10.0 Å². The van der Waals surface area contributed by atoms with E-state index in [0.29, 0.717) is 13.1 Å². The molecule has 0 saturated carbocycles. The lowest BCUT2D eigenvalue weighted by molar-refractivity contribution is 0.243. The first-order valence-electron chi connectivity index (χ1n) is 6.17. The van der Waals surface area contributed by atoms with Gasteiger partial charge in [0.2, 0.25) is 10.0 Å². The summed E-state index contributed by atoms with van der Waals surface area (Å²) in [5.74, 6) is 0.241. The molecule has 2 atom stereocenters. The summed E-state index contributed by atoms with van der Waals surface area (Å²) in [6.07, 6.45) is 4.83. The number of piperidine rings is 1. The highest BCUT2D eigenvalue weighted by molar-refractivity contribution is 7.89. The molecule has 0 aliphatic carbocycles. The molecule has 1 aromatic rings. The molecule has 2 heterocycles. The standard InChI is InChI=1S/C12H19N3O2S/c1-10(13)11-4-3-7-15(9-11)18(16,17)12-5-2-6-14-8-12/h2,5-6,8,10-11H,3-4,7,9,13H2,1H3/t10-,11-/m1/s1. The third-order valence-electron chi connectivity index (χ3n) is 3.44. The number of sulfonamides is 1. The van der Waals surface area contributed by atoms with Gasteiger partial charge in [-0.1, -0.05) is 0 Å². The summed E-state index contributed by atoms with van der Waals surface area (Å²) in [6, 6.07) is 3.24. The second-order valence-electron chi connectivity index (χ2n) is 4.81. The molecular formula is C12H19N3O2S. The Bertz CT molecular complexity index is 487. The third-order valence-corrected chi connectivity index (χ3v) is 5.29. The number of nitrogens with two attached hydrogens (primary N) is 1. The van der Waals surface area contributed by atoms with Gasteiger partial charge in [-0.2, -0.15) is 4.31 Å². The number of pyridine rings is 1. The van der Waals surface area contributed by atoms with Gasteiger partial charge < -0.3 is 5.73 Å². The quantitative estimate of drug-likeness (QED) is 0.881. The van der Waals surface area contributed by atoms with Gasteiger partial charge in [-0.3, -0.25) is 4.98 Å². The van der Waals surface area contributed by atoms with Crippen LogP contribution in [0.3, 0.4) is 0 Å². The maximum Gasteiger partial charge on any atom is 0.244 e. The minimum absolute atomic E-state index is 0.0249. The van der Waals surface area contributed by atoms with Crippen molar-refractivity contribution in [1.82, 2.24) is 9.29 Å². The normalized spacial score (nSPS) is 23.8.